The molecule has 0 rings (SSSR count). The summed E-state index contributed by atoms with van der Waals surface area (Å²) < 4.78 is 3.12. The minimum absolute atomic E-state index is 0.338. The highest BCUT2D eigenvalue weighted by atomic mass is 35.6. The van der Waals surface area contributed by atoms with E-state index in [0.29, 0.717) is 19.4 Å². The van der Waals surface area contributed by atoms with Crippen LogP contribution in [0.1, 0.15) is 19.3 Å². The molecule has 0 bridgehead atoms. The van der Waals surface area contributed by atoms with E-state index < -0.39 is 3.79 Å². The molecule has 0 spiro atoms. The predicted molar refractivity (Wildman–Crippen MR) is 45.8 cm³/mol. The maximum atomic E-state index is 9.54. The van der Waals surface area contributed by atoms with E-state index >= 15 is 0 Å². The van der Waals surface area contributed by atoms with Crippen molar-refractivity contribution in [1.29, 1.82) is 0 Å². The first-order valence-corrected chi connectivity index (χ1v) is 4.25. The Kier molecular flexibility index (Phi) is 6.11. The number of hydrogen-bond acceptors (Lipinski definition) is 2. The van der Waals surface area contributed by atoms with Crippen LogP contribution in [0.5, 0.6) is 0 Å². The average molecular weight is 218 g/mol. The Morgan fingerprint density at radius 1 is 1.27 bits per heavy atom. The summed E-state index contributed by atoms with van der Waals surface area (Å²) in [6.07, 6.45) is 1.89. The maximum Gasteiger partial charge on any atom is 0.417 e. The summed E-state index contributed by atoms with van der Waals surface area (Å²) in [7, 11) is 0. The van der Waals surface area contributed by atoms with Crippen LogP contribution in [0.25, 0.3) is 0 Å². The lowest BCUT2D eigenvalue weighted by Crippen LogP contribution is -2.02. The number of carbonyl (C=O) groups excluding carboxylic acids is 1. The highest BCUT2D eigenvalue weighted by Gasteiger charge is 2.17. The molecule has 5 heteroatoms. The van der Waals surface area contributed by atoms with Gasteiger partial charge in [0.15, 0.2) is 3.79 Å². The van der Waals surface area contributed by atoms with Gasteiger partial charge >= 0.3 is 6.47 Å². The van der Waals surface area contributed by atoms with Crippen molar-refractivity contribution in [2.75, 3.05) is 6.61 Å². The van der Waals surface area contributed by atoms with Gasteiger partial charge in [-0.15, -0.1) is 0 Å². The molecule has 2 nitrogen and oxygen atoms in total. The van der Waals surface area contributed by atoms with Gasteiger partial charge in [-0.3, -0.25) is 0 Å². The second-order valence-corrected chi connectivity index (χ2v) is 4.52. The zero-order valence-electron chi connectivity index (χ0n) is 5.78. The third-order valence-electron chi connectivity index (χ3n) is 1.02. The van der Waals surface area contributed by atoms with Crippen molar-refractivity contribution >= 4 is 41.3 Å². The lowest BCUT2D eigenvalue weighted by Gasteiger charge is -2.08. The van der Waals surface area contributed by atoms with Crippen LogP contribution in [-0.2, 0) is 9.53 Å². The van der Waals surface area contributed by atoms with E-state index in [1.165, 1.54) is 6.47 Å². The third kappa shape index (κ3) is 10.3. The Morgan fingerprint density at radius 2 is 1.91 bits per heavy atom. The number of ether oxygens (including phenoxy) is 1. The lowest BCUT2D eigenvalue weighted by molar-refractivity contribution is 0.269. The first-order chi connectivity index (χ1) is 5.06. The standard InChI is InChI=1S/C6H8Cl3O2/c7-6(8,9)3-1-2-4-11-5-10/h1-4H2. The van der Waals surface area contributed by atoms with Crippen molar-refractivity contribution in [3.63, 3.8) is 0 Å². The summed E-state index contributed by atoms with van der Waals surface area (Å²) in [5, 5.41) is 0. The topological polar surface area (TPSA) is 26.3 Å². The molecule has 0 unspecified atom stereocenters. The van der Waals surface area contributed by atoms with Crippen molar-refractivity contribution in [3.05, 3.63) is 0 Å². The molecule has 11 heavy (non-hydrogen) atoms. The van der Waals surface area contributed by atoms with Gasteiger partial charge in [0.2, 0.25) is 0 Å². The van der Waals surface area contributed by atoms with Gasteiger partial charge in [0.05, 0.1) is 6.61 Å². The van der Waals surface area contributed by atoms with E-state index in [1.54, 1.807) is 0 Å². The Labute approximate surface area is 80.7 Å². The smallest absolute Gasteiger partial charge is 0.417 e. The van der Waals surface area contributed by atoms with E-state index in [9.17, 15) is 4.79 Å². The van der Waals surface area contributed by atoms with Gasteiger partial charge < -0.3 is 4.74 Å². The molecule has 0 aromatic rings. The summed E-state index contributed by atoms with van der Waals surface area (Å²) in [5.74, 6) is 0. The fourth-order valence-electron chi connectivity index (χ4n) is 0.541. The van der Waals surface area contributed by atoms with Crippen LogP contribution in [0.3, 0.4) is 0 Å². The molecule has 0 amide bonds. The molecule has 0 saturated heterocycles. The van der Waals surface area contributed by atoms with Crippen LogP contribution in [0.15, 0.2) is 0 Å². The molecule has 0 saturated carbocycles. The Balaban J connectivity index is 3.08. The summed E-state index contributed by atoms with van der Waals surface area (Å²) in [4.78, 5) is 9.54. The average Bonchev–Trinajstić information content (AvgIpc) is 1.85. The van der Waals surface area contributed by atoms with Crippen LogP contribution in [0, 0.1) is 0 Å². The molecule has 0 aliphatic rings. The lowest BCUT2D eigenvalue weighted by atomic mass is 10.3. The van der Waals surface area contributed by atoms with E-state index in [2.05, 4.69) is 4.74 Å². The van der Waals surface area contributed by atoms with Gasteiger partial charge in [-0.1, -0.05) is 34.8 Å². The van der Waals surface area contributed by atoms with Crippen molar-refractivity contribution in [2.45, 2.75) is 23.1 Å². The second-order valence-electron chi connectivity index (χ2n) is 2.00. The maximum absolute atomic E-state index is 9.54. The fraction of sp³-hybridized carbons (Fsp3) is 0.833. The van der Waals surface area contributed by atoms with Crippen LogP contribution in [-0.4, -0.2) is 16.9 Å². The molecule has 1 radical (unpaired) electrons. The molecule has 0 aromatic heterocycles. The third-order valence-corrected chi connectivity index (χ3v) is 1.58. The normalized spacial score (nSPS) is 11.2. The zero-order chi connectivity index (χ0) is 8.74. The molecule has 0 N–H and O–H groups in total. The van der Waals surface area contributed by atoms with E-state index in [-0.39, 0.29) is 0 Å². The molecule has 0 aliphatic heterocycles. The van der Waals surface area contributed by atoms with Crippen molar-refractivity contribution in [2.24, 2.45) is 0 Å². The van der Waals surface area contributed by atoms with Crippen molar-refractivity contribution in [1.82, 2.24) is 0 Å². The molecule has 0 aromatic carbocycles. The Bertz CT molecular complexity index is 111. The largest absolute Gasteiger partial charge is 0.457 e. The minimum Gasteiger partial charge on any atom is -0.457 e. The SMILES string of the molecule is O=[C]OCCCCC(Cl)(Cl)Cl. The van der Waals surface area contributed by atoms with Gasteiger partial charge in [-0.05, 0) is 19.3 Å². The molecule has 0 heterocycles. The molecular weight excluding hydrogens is 210 g/mol. The van der Waals surface area contributed by atoms with E-state index in [1.807, 2.05) is 0 Å². The predicted octanol–water partition coefficient (Wildman–Crippen LogP) is 2.61. The number of rotatable bonds is 5. The number of halogens is 3. The summed E-state index contributed by atoms with van der Waals surface area (Å²) in [6.45, 7) is 1.65. The highest BCUT2D eigenvalue weighted by Crippen LogP contribution is 2.31. The minimum atomic E-state index is -1.19. The van der Waals surface area contributed by atoms with Gasteiger partial charge in [0.1, 0.15) is 0 Å². The number of hydrogen-bond donors (Lipinski definition) is 0. The van der Waals surface area contributed by atoms with E-state index in [4.69, 9.17) is 34.8 Å². The van der Waals surface area contributed by atoms with E-state index in [0.717, 1.165) is 6.42 Å². The summed E-state index contributed by atoms with van der Waals surface area (Å²) in [5.41, 5.74) is 0. The highest BCUT2D eigenvalue weighted by molar-refractivity contribution is 6.67. The number of unbranched alkanes of at least 4 members (excludes halogenated alkanes) is 1. The van der Waals surface area contributed by atoms with Gasteiger partial charge in [-0.2, -0.15) is 0 Å². The first-order valence-electron chi connectivity index (χ1n) is 3.12. The van der Waals surface area contributed by atoms with Crippen LogP contribution < -0.4 is 0 Å². The van der Waals surface area contributed by atoms with Crippen LogP contribution >= 0.6 is 34.8 Å². The Hall–Kier alpha value is 0.340. The first kappa shape index (κ1) is 11.3. The molecular formula is C6H8Cl3O2. The number of alkyl halides is 3. The van der Waals surface area contributed by atoms with Crippen LogP contribution in [0.4, 0.5) is 0 Å². The van der Waals surface area contributed by atoms with Gasteiger partial charge in [0, 0.05) is 0 Å². The quantitative estimate of drug-likeness (QED) is 0.524. The van der Waals surface area contributed by atoms with Gasteiger partial charge in [0.25, 0.3) is 0 Å². The Morgan fingerprint density at radius 3 is 2.36 bits per heavy atom. The van der Waals surface area contributed by atoms with Crippen molar-refractivity contribution in [3.8, 4) is 0 Å². The monoisotopic (exact) mass is 217 g/mol. The van der Waals surface area contributed by atoms with Gasteiger partial charge in [-0.25, -0.2) is 4.79 Å². The van der Waals surface area contributed by atoms with Crippen molar-refractivity contribution < 1.29 is 9.53 Å². The van der Waals surface area contributed by atoms with Crippen LogP contribution in [0.2, 0.25) is 0 Å². The second kappa shape index (κ2) is 5.92. The molecule has 0 fully saturated rings. The molecule has 0 aliphatic carbocycles. The fourth-order valence-corrected chi connectivity index (χ4v) is 0.942. The summed E-state index contributed by atoms with van der Waals surface area (Å²) in [6, 6.07) is 0. The molecule has 65 valence electrons. The zero-order valence-corrected chi connectivity index (χ0v) is 8.05. The summed E-state index contributed by atoms with van der Waals surface area (Å²) >= 11 is 16.4. The molecule has 0 atom stereocenters.